The number of nitrogens with one attached hydrogen (secondary N) is 1. The molecule has 1 N–H and O–H groups in total. The van der Waals surface area contributed by atoms with E-state index in [9.17, 15) is 4.79 Å². The van der Waals surface area contributed by atoms with Crippen LogP contribution in [0.4, 0.5) is 0 Å². The molecule has 0 heterocycles. The molecule has 0 unspecified atom stereocenters. The normalized spacial score (nSPS) is 10.7. The second kappa shape index (κ2) is 10.4. The van der Waals surface area contributed by atoms with Crippen LogP contribution in [-0.4, -0.2) is 18.7 Å². The Balaban J connectivity index is 1.46. The second-order valence-corrected chi connectivity index (χ2v) is 7.30. The lowest BCUT2D eigenvalue weighted by Gasteiger charge is -2.07. The maximum absolute atomic E-state index is 11.8. The molecule has 3 rings (SSSR count). The number of carbonyl (C=O) groups excluding carboxylic acids is 1. The highest BCUT2D eigenvalue weighted by atomic mass is 79.9. The van der Waals surface area contributed by atoms with Gasteiger partial charge in [0.1, 0.15) is 18.1 Å². The summed E-state index contributed by atoms with van der Waals surface area (Å²) >= 11 is 3.45. The van der Waals surface area contributed by atoms with E-state index in [-0.39, 0.29) is 12.5 Å². The van der Waals surface area contributed by atoms with Crippen LogP contribution in [0.25, 0.3) is 0 Å². The number of carbonyl (C=O) groups is 1. The summed E-state index contributed by atoms with van der Waals surface area (Å²) in [6, 6.07) is 23.0. The molecule has 1 amide bonds. The van der Waals surface area contributed by atoms with Crippen molar-refractivity contribution in [3.05, 3.63) is 94.0 Å². The van der Waals surface area contributed by atoms with Gasteiger partial charge in [-0.15, -0.1) is 0 Å². The van der Waals surface area contributed by atoms with Crippen molar-refractivity contribution in [2.45, 2.75) is 13.5 Å². The van der Waals surface area contributed by atoms with Crippen LogP contribution in [-0.2, 0) is 11.4 Å². The van der Waals surface area contributed by atoms with E-state index in [1.54, 1.807) is 6.21 Å². The fourth-order valence-corrected chi connectivity index (χ4v) is 2.92. The van der Waals surface area contributed by atoms with Crippen LogP contribution in [0.2, 0.25) is 0 Å². The minimum Gasteiger partial charge on any atom is -0.489 e. The van der Waals surface area contributed by atoms with Crippen LogP contribution in [0, 0.1) is 6.92 Å². The van der Waals surface area contributed by atoms with Crippen molar-refractivity contribution in [3.8, 4) is 11.5 Å². The van der Waals surface area contributed by atoms with Crippen molar-refractivity contribution in [1.29, 1.82) is 0 Å². The summed E-state index contributed by atoms with van der Waals surface area (Å²) in [5, 5.41) is 3.97. The van der Waals surface area contributed by atoms with Crippen LogP contribution in [0.15, 0.2) is 82.4 Å². The van der Waals surface area contributed by atoms with Crippen LogP contribution in [0.5, 0.6) is 11.5 Å². The fraction of sp³-hybridized carbons (Fsp3) is 0.130. The minimum absolute atomic E-state index is 0.101. The summed E-state index contributed by atoms with van der Waals surface area (Å²) in [6.07, 6.45) is 1.57. The Hall–Kier alpha value is -3.12. The van der Waals surface area contributed by atoms with E-state index in [4.69, 9.17) is 9.47 Å². The largest absolute Gasteiger partial charge is 0.489 e. The molecule has 0 saturated heterocycles. The topological polar surface area (TPSA) is 59.9 Å². The summed E-state index contributed by atoms with van der Waals surface area (Å²) in [7, 11) is 0. The van der Waals surface area contributed by atoms with Crippen molar-refractivity contribution >= 4 is 28.1 Å². The van der Waals surface area contributed by atoms with Gasteiger partial charge < -0.3 is 9.47 Å². The van der Waals surface area contributed by atoms with E-state index in [1.807, 2.05) is 79.7 Å². The molecule has 0 aliphatic heterocycles. The zero-order valence-corrected chi connectivity index (χ0v) is 17.6. The lowest BCUT2D eigenvalue weighted by atomic mass is 10.2. The van der Waals surface area contributed by atoms with Crippen LogP contribution >= 0.6 is 15.9 Å². The molecule has 0 atom stereocenters. The molecule has 29 heavy (non-hydrogen) atoms. The Morgan fingerprint density at radius 2 is 1.79 bits per heavy atom. The molecule has 0 saturated carbocycles. The van der Waals surface area contributed by atoms with Gasteiger partial charge in [-0.25, -0.2) is 5.43 Å². The van der Waals surface area contributed by atoms with Gasteiger partial charge in [0.2, 0.25) is 0 Å². The monoisotopic (exact) mass is 452 g/mol. The maximum atomic E-state index is 11.8. The molecule has 0 aliphatic carbocycles. The third kappa shape index (κ3) is 7.08. The minimum atomic E-state index is -0.330. The van der Waals surface area contributed by atoms with Crippen LogP contribution in [0.1, 0.15) is 16.7 Å². The van der Waals surface area contributed by atoms with Crippen molar-refractivity contribution < 1.29 is 14.3 Å². The molecule has 3 aromatic rings. The molecule has 0 radical (unpaired) electrons. The summed E-state index contributed by atoms with van der Waals surface area (Å²) in [4.78, 5) is 11.8. The van der Waals surface area contributed by atoms with Gasteiger partial charge in [0, 0.05) is 4.47 Å². The van der Waals surface area contributed by atoms with Gasteiger partial charge in [0.25, 0.3) is 5.91 Å². The molecular formula is C23H21BrN2O3. The van der Waals surface area contributed by atoms with Crippen LogP contribution < -0.4 is 14.9 Å². The predicted octanol–water partition coefficient (Wildman–Crippen LogP) is 4.87. The number of aryl methyl sites for hydroxylation is 1. The molecular weight excluding hydrogens is 432 g/mol. The third-order valence-electron chi connectivity index (χ3n) is 3.95. The lowest BCUT2D eigenvalue weighted by molar-refractivity contribution is -0.123. The Morgan fingerprint density at radius 3 is 2.59 bits per heavy atom. The second-order valence-electron chi connectivity index (χ2n) is 6.39. The third-order valence-corrected chi connectivity index (χ3v) is 4.44. The molecule has 5 nitrogen and oxygen atoms in total. The van der Waals surface area contributed by atoms with Gasteiger partial charge in [-0.2, -0.15) is 5.10 Å². The highest BCUT2D eigenvalue weighted by molar-refractivity contribution is 9.10. The van der Waals surface area contributed by atoms with E-state index >= 15 is 0 Å². The van der Waals surface area contributed by atoms with Crippen molar-refractivity contribution in [3.63, 3.8) is 0 Å². The van der Waals surface area contributed by atoms with Crippen molar-refractivity contribution in [2.75, 3.05) is 6.61 Å². The van der Waals surface area contributed by atoms with Crippen LogP contribution in [0.3, 0.4) is 0 Å². The number of hydrogen-bond acceptors (Lipinski definition) is 4. The average Bonchev–Trinajstić information content (AvgIpc) is 2.72. The van der Waals surface area contributed by atoms with Gasteiger partial charge in [-0.3, -0.25) is 4.79 Å². The number of rotatable bonds is 8. The number of nitrogens with zero attached hydrogens (tertiary/aromatic N) is 1. The summed E-state index contributed by atoms with van der Waals surface area (Å²) < 4.78 is 12.3. The lowest BCUT2D eigenvalue weighted by Crippen LogP contribution is -2.24. The number of benzene rings is 3. The zero-order valence-electron chi connectivity index (χ0n) is 16.0. The van der Waals surface area contributed by atoms with E-state index < -0.39 is 0 Å². The highest BCUT2D eigenvalue weighted by Crippen LogP contribution is 2.16. The molecule has 0 fully saturated rings. The van der Waals surface area contributed by atoms with E-state index in [2.05, 4.69) is 26.5 Å². The number of amides is 1. The fourth-order valence-electron chi connectivity index (χ4n) is 2.47. The molecule has 6 heteroatoms. The van der Waals surface area contributed by atoms with E-state index in [0.717, 1.165) is 26.9 Å². The molecule has 0 aromatic heterocycles. The number of hydrazone groups is 1. The molecule has 0 aliphatic rings. The standard InChI is InChI=1S/C23H21BrN2O3/c1-17-8-10-21(11-9-17)29-16-23(27)26-25-14-18-4-3-7-22(13-18)28-15-19-5-2-6-20(24)12-19/h2-14H,15-16H2,1H3,(H,26,27)/b25-14+. The van der Waals surface area contributed by atoms with E-state index in [0.29, 0.717) is 12.4 Å². The Bertz CT molecular complexity index is 987. The predicted molar refractivity (Wildman–Crippen MR) is 117 cm³/mol. The first-order valence-electron chi connectivity index (χ1n) is 9.07. The highest BCUT2D eigenvalue weighted by Gasteiger charge is 2.02. The Kier molecular flexibility index (Phi) is 7.41. The smallest absolute Gasteiger partial charge is 0.277 e. The number of ether oxygens (including phenoxy) is 2. The van der Waals surface area contributed by atoms with Gasteiger partial charge in [-0.05, 0) is 54.4 Å². The van der Waals surface area contributed by atoms with Gasteiger partial charge >= 0.3 is 0 Å². The molecule has 0 bridgehead atoms. The van der Waals surface area contributed by atoms with Gasteiger partial charge in [0.05, 0.1) is 6.21 Å². The first-order valence-corrected chi connectivity index (χ1v) is 9.86. The SMILES string of the molecule is Cc1ccc(OCC(=O)N/N=C/c2cccc(OCc3cccc(Br)c3)c2)cc1. The quantitative estimate of drug-likeness (QED) is 0.391. The molecule has 0 spiro atoms. The van der Waals surface area contributed by atoms with Gasteiger partial charge in [0.15, 0.2) is 6.61 Å². The first-order chi connectivity index (χ1) is 14.1. The molecule has 148 valence electrons. The summed E-state index contributed by atoms with van der Waals surface area (Å²) in [5.74, 6) is 1.04. The average molecular weight is 453 g/mol. The first kappa shape index (κ1) is 20.6. The zero-order chi connectivity index (χ0) is 20.5. The number of hydrogen-bond donors (Lipinski definition) is 1. The number of halogens is 1. The Labute approximate surface area is 178 Å². The maximum Gasteiger partial charge on any atom is 0.277 e. The van der Waals surface area contributed by atoms with Gasteiger partial charge in [-0.1, -0.05) is 57.9 Å². The van der Waals surface area contributed by atoms with E-state index in [1.165, 1.54) is 0 Å². The van der Waals surface area contributed by atoms with Crippen molar-refractivity contribution in [2.24, 2.45) is 5.10 Å². The molecule has 3 aromatic carbocycles. The summed E-state index contributed by atoms with van der Waals surface area (Å²) in [6.45, 7) is 2.36. The van der Waals surface area contributed by atoms with Crippen molar-refractivity contribution in [1.82, 2.24) is 5.43 Å². The summed E-state index contributed by atoms with van der Waals surface area (Å²) in [5.41, 5.74) is 5.47. The Morgan fingerprint density at radius 1 is 1.00 bits per heavy atom.